The zero-order chi connectivity index (χ0) is 16.4. The zero-order valence-electron chi connectivity index (χ0n) is 14.5. The first kappa shape index (κ1) is 16.2. The topological polar surface area (TPSA) is 32.8 Å². The van der Waals surface area contributed by atoms with Gasteiger partial charge in [-0.3, -0.25) is 4.79 Å². The van der Waals surface area contributed by atoms with Crippen molar-refractivity contribution in [1.82, 2.24) is 4.90 Å². The monoisotopic (exact) mass is 316 g/mol. The van der Waals surface area contributed by atoms with Crippen LogP contribution < -0.4 is 9.64 Å². The molecule has 2 fully saturated rings. The van der Waals surface area contributed by atoms with Crippen molar-refractivity contribution in [2.45, 2.75) is 39.0 Å². The predicted octanol–water partition coefficient (Wildman–Crippen LogP) is 3.27. The largest absolute Gasteiger partial charge is 0.495 e. The Balaban J connectivity index is 1.66. The molecule has 2 aliphatic rings. The smallest absolute Gasteiger partial charge is 0.225 e. The van der Waals surface area contributed by atoms with E-state index in [4.69, 9.17) is 4.74 Å². The van der Waals surface area contributed by atoms with Gasteiger partial charge in [-0.05, 0) is 42.9 Å². The van der Waals surface area contributed by atoms with Crippen LogP contribution in [-0.2, 0) is 4.79 Å². The van der Waals surface area contributed by atoms with Crippen LogP contribution in [0, 0.1) is 5.92 Å². The minimum Gasteiger partial charge on any atom is -0.495 e. The van der Waals surface area contributed by atoms with Gasteiger partial charge in [0.1, 0.15) is 5.75 Å². The molecule has 1 saturated heterocycles. The van der Waals surface area contributed by atoms with Gasteiger partial charge in [0.25, 0.3) is 0 Å². The van der Waals surface area contributed by atoms with E-state index < -0.39 is 0 Å². The minimum atomic E-state index is 0.133. The number of amides is 1. The van der Waals surface area contributed by atoms with E-state index in [0.717, 1.165) is 50.0 Å². The third-order valence-corrected chi connectivity index (χ3v) is 5.22. The molecule has 1 aromatic rings. The van der Waals surface area contributed by atoms with Gasteiger partial charge in [-0.25, -0.2) is 0 Å². The molecule has 3 rings (SSSR count). The van der Waals surface area contributed by atoms with E-state index >= 15 is 0 Å². The first-order chi connectivity index (χ1) is 11.1. The number of hydrogen-bond acceptors (Lipinski definition) is 3. The quantitative estimate of drug-likeness (QED) is 0.836. The van der Waals surface area contributed by atoms with Gasteiger partial charge >= 0.3 is 0 Å². The number of piperazine rings is 1. The third-order valence-electron chi connectivity index (χ3n) is 5.22. The zero-order valence-corrected chi connectivity index (χ0v) is 14.5. The normalized spacial score (nSPS) is 19.6. The summed E-state index contributed by atoms with van der Waals surface area (Å²) in [5, 5.41) is 0. The fourth-order valence-electron chi connectivity index (χ4n) is 3.28. The molecule has 0 bridgehead atoms. The van der Waals surface area contributed by atoms with Crippen LogP contribution in [0.4, 0.5) is 5.69 Å². The van der Waals surface area contributed by atoms with Crippen molar-refractivity contribution in [2.75, 3.05) is 38.2 Å². The van der Waals surface area contributed by atoms with Crippen molar-refractivity contribution in [3.63, 3.8) is 0 Å². The molecule has 4 nitrogen and oxygen atoms in total. The summed E-state index contributed by atoms with van der Waals surface area (Å²) in [6.45, 7) is 7.45. The molecule has 0 aromatic heterocycles. The molecule has 1 amide bonds. The Labute approximate surface area is 139 Å². The second-order valence-electron chi connectivity index (χ2n) is 6.83. The van der Waals surface area contributed by atoms with Gasteiger partial charge in [-0.15, -0.1) is 0 Å². The van der Waals surface area contributed by atoms with E-state index in [1.165, 1.54) is 18.4 Å². The predicted molar refractivity (Wildman–Crippen MR) is 93.2 cm³/mol. The molecule has 1 saturated carbocycles. The van der Waals surface area contributed by atoms with Gasteiger partial charge in [0.05, 0.1) is 12.8 Å². The molecule has 1 heterocycles. The fraction of sp³-hybridized carbons (Fsp3) is 0.632. The van der Waals surface area contributed by atoms with Crippen molar-refractivity contribution in [3.05, 3.63) is 23.8 Å². The van der Waals surface area contributed by atoms with Gasteiger partial charge in [0, 0.05) is 32.1 Å². The number of carbonyl (C=O) groups is 1. The number of carbonyl (C=O) groups excluding carboxylic acids is 1. The van der Waals surface area contributed by atoms with Gasteiger partial charge in [0.2, 0.25) is 5.91 Å². The standard InChI is InChI=1S/C19H28N2O2/c1-4-14(2)19(22)21-11-9-20(10-12-21)17-8-7-16(15-5-6-15)13-18(17)23-3/h7-8,13-15H,4-6,9-12H2,1-3H3. The van der Waals surface area contributed by atoms with Crippen molar-refractivity contribution in [1.29, 1.82) is 0 Å². The Hall–Kier alpha value is -1.71. The van der Waals surface area contributed by atoms with Crippen LogP contribution in [0.5, 0.6) is 5.75 Å². The lowest BCUT2D eigenvalue weighted by Crippen LogP contribution is -2.50. The third kappa shape index (κ3) is 3.46. The summed E-state index contributed by atoms with van der Waals surface area (Å²) in [6.07, 6.45) is 3.52. The maximum atomic E-state index is 12.3. The number of nitrogens with zero attached hydrogens (tertiary/aromatic N) is 2. The first-order valence-electron chi connectivity index (χ1n) is 8.85. The number of methoxy groups -OCH3 is 1. The lowest BCUT2D eigenvalue weighted by Gasteiger charge is -2.37. The molecule has 0 N–H and O–H groups in total. The fourth-order valence-corrected chi connectivity index (χ4v) is 3.28. The lowest BCUT2D eigenvalue weighted by molar-refractivity contribution is -0.135. The summed E-state index contributed by atoms with van der Waals surface area (Å²) in [4.78, 5) is 16.7. The molecular weight excluding hydrogens is 288 g/mol. The molecule has 4 heteroatoms. The Morgan fingerprint density at radius 2 is 1.96 bits per heavy atom. The Bertz CT molecular complexity index is 560. The molecule has 126 valence electrons. The number of hydrogen-bond donors (Lipinski definition) is 0. The average molecular weight is 316 g/mol. The summed E-state index contributed by atoms with van der Waals surface area (Å²) in [7, 11) is 1.75. The maximum absolute atomic E-state index is 12.3. The molecule has 0 spiro atoms. The highest BCUT2D eigenvalue weighted by molar-refractivity contribution is 5.78. The van der Waals surface area contributed by atoms with E-state index in [1.54, 1.807) is 7.11 Å². The summed E-state index contributed by atoms with van der Waals surface area (Å²) in [5.41, 5.74) is 2.56. The molecule has 23 heavy (non-hydrogen) atoms. The van der Waals surface area contributed by atoms with Crippen LogP contribution in [-0.4, -0.2) is 44.1 Å². The van der Waals surface area contributed by atoms with Crippen molar-refractivity contribution in [3.8, 4) is 5.75 Å². The van der Waals surface area contributed by atoms with Crippen LogP contribution in [0.1, 0.15) is 44.6 Å². The number of rotatable bonds is 5. The lowest BCUT2D eigenvalue weighted by atomic mass is 10.1. The van der Waals surface area contributed by atoms with Crippen molar-refractivity contribution < 1.29 is 9.53 Å². The SMILES string of the molecule is CCC(C)C(=O)N1CCN(c2ccc(C3CC3)cc2OC)CC1. The van der Waals surface area contributed by atoms with Gasteiger partial charge in [0.15, 0.2) is 0 Å². The Morgan fingerprint density at radius 1 is 1.26 bits per heavy atom. The van der Waals surface area contributed by atoms with Gasteiger partial charge in [-0.1, -0.05) is 19.9 Å². The Morgan fingerprint density at radius 3 is 2.52 bits per heavy atom. The number of benzene rings is 1. The average Bonchev–Trinajstić information content (AvgIpc) is 3.45. The summed E-state index contributed by atoms with van der Waals surface area (Å²) >= 11 is 0. The highest BCUT2D eigenvalue weighted by Crippen LogP contribution is 2.43. The molecule has 1 unspecified atom stereocenters. The molecule has 1 aliphatic carbocycles. The molecule has 1 aromatic carbocycles. The Kier molecular flexibility index (Phi) is 4.79. The van der Waals surface area contributed by atoms with Crippen LogP contribution in [0.2, 0.25) is 0 Å². The summed E-state index contributed by atoms with van der Waals surface area (Å²) in [5.74, 6) is 2.14. The van der Waals surface area contributed by atoms with E-state index in [2.05, 4.69) is 30.0 Å². The first-order valence-corrected chi connectivity index (χ1v) is 8.85. The number of ether oxygens (including phenoxy) is 1. The van der Waals surface area contributed by atoms with E-state index in [-0.39, 0.29) is 5.92 Å². The molecule has 1 atom stereocenters. The minimum absolute atomic E-state index is 0.133. The molecular formula is C19H28N2O2. The molecule has 1 aliphatic heterocycles. The van der Waals surface area contributed by atoms with Gasteiger partial charge in [-0.2, -0.15) is 0 Å². The van der Waals surface area contributed by atoms with E-state index in [0.29, 0.717) is 5.91 Å². The molecule has 0 radical (unpaired) electrons. The highest BCUT2D eigenvalue weighted by atomic mass is 16.5. The van der Waals surface area contributed by atoms with E-state index in [1.807, 2.05) is 11.8 Å². The van der Waals surface area contributed by atoms with E-state index in [9.17, 15) is 4.79 Å². The second-order valence-corrected chi connectivity index (χ2v) is 6.83. The van der Waals surface area contributed by atoms with Crippen molar-refractivity contribution >= 4 is 11.6 Å². The van der Waals surface area contributed by atoms with Crippen LogP contribution in [0.25, 0.3) is 0 Å². The van der Waals surface area contributed by atoms with Crippen LogP contribution in [0.15, 0.2) is 18.2 Å². The van der Waals surface area contributed by atoms with Crippen LogP contribution >= 0.6 is 0 Å². The van der Waals surface area contributed by atoms with Crippen LogP contribution in [0.3, 0.4) is 0 Å². The second kappa shape index (κ2) is 6.81. The summed E-state index contributed by atoms with van der Waals surface area (Å²) in [6, 6.07) is 6.63. The van der Waals surface area contributed by atoms with Crippen molar-refractivity contribution in [2.24, 2.45) is 5.92 Å². The van der Waals surface area contributed by atoms with Gasteiger partial charge < -0.3 is 14.5 Å². The number of anilines is 1. The summed E-state index contributed by atoms with van der Waals surface area (Å²) < 4.78 is 5.62. The highest BCUT2D eigenvalue weighted by Gasteiger charge is 2.27. The maximum Gasteiger partial charge on any atom is 0.225 e.